The van der Waals surface area contributed by atoms with Crippen LogP contribution in [0.2, 0.25) is 0 Å². The van der Waals surface area contributed by atoms with Gasteiger partial charge in [0, 0.05) is 20.8 Å². The number of aromatic nitrogens is 1. The van der Waals surface area contributed by atoms with E-state index in [4.69, 9.17) is 4.74 Å². The number of rotatable bonds is 5. The zero-order chi connectivity index (χ0) is 19.0. The number of nitrogens with zero attached hydrogens (tertiary/aromatic N) is 1. The smallest absolute Gasteiger partial charge is 0.355 e. The van der Waals surface area contributed by atoms with Gasteiger partial charge in [0.15, 0.2) is 0 Å². The van der Waals surface area contributed by atoms with Crippen molar-refractivity contribution in [3.05, 3.63) is 69.1 Å². The van der Waals surface area contributed by atoms with Crippen molar-refractivity contribution in [2.75, 3.05) is 6.61 Å². The van der Waals surface area contributed by atoms with Gasteiger partial charge in [-0.25, -0.2) is 4.79 Å². The lowest BCUT2D eigenvalue weighted by molar-refractivity contribution is 0.0515. The van der Waals surface area contributed by atoms with Crippen LogP contribution in [-0.2, 0) is 11.3 Å². The fourth-order valence-electron chi connectivity index (χ4n) is 3.09. The van der Waals surface area contributed by atoms with Gasteiger partial charge in [-0.05, 0) is 60.7 Å². The molecule has 0 spiro atoms. The summed E-state index contributed by atoms with van der Waals surface area (Å²) in [5.74, 6) is -0.274. The zero-order valence-corrected chi connectivity index (χ0v) is 18.2. The molecular weight excluding hydrogens is 442 g/mol. The molecule has 3 heterocycles. The molecule has 0 saturated carbocycles. The van der Waals surface area contributed by atoms with E-state index in [9.17, 15) is 4.79 Å². The van der Waals surface area contributed by atoms with E-state index in [-0.39, 0.29) is 5.97 Å². The first-order chi connectivity index (χ1) is 13.0. The average molecular weight is 460 g/mol. The van der Waals surface area contributed by atoms with Gasteiger partial charge in [-0.3, -0.25) is 0 Å². The van der Waals surface area contributed by atoms with Gasteiger partial charge in [0.1, 0.15) is 5.69 Å². The van der Waals surface area contributed by atoms with Gasteiger partial charge in [-0.15, -0.1) is 22.7 Å². The number of aryl methyl sites for hydroxylation is 1. The molecule has 0 aliphatic rings. The molecule has 0 saturated heterocycles. The Morgan fingerprint density at radius 3 is 2.74 bits per heavy atom. The second-order valence-corrected chi connectivity index (χ2v) is 9.23. The minimum atomic E-state index is -0.274. The van der Waals surface area contributed by atoms with Crippen LogP contribution >= 0.6 is 38.6 Å². The Bertz CT molecular complexity index is 1120. The van der Waals surface area contributed by atoms with Gasteiger partial charge in [0.05, 0.1) is 16.8 Å². The summed E-state index contributed by atoms with van der Waals surface area (Å²) in [7, 11) is 0. The standard InChI is InChI=1S/C21H18BrNO2S2/c1-3-25-21(24)17-10-18-16(9-20(27-18)19-7-13(2)12-26-19)23(17)11-14-5-4-6-15(22)8-14/h4-10,12H,3,11H2,1-2H3. The average Bonchev–Trinajstić information content (AvgIpc) is 3.31. The fourth-order valence-corrected chi connectivity index (χ4v) is 5.62. The highest BCUT2D eigenvalue weighted by Gasteiger charge is 2.20. The summed E-state index contributed by atoms with van der Waals surface area (Å²) in [5, 5.41) is 2.17. The van der Waals surface area contributed by atoms with Crippen LogP contribution in [0.25, 0.3) is 20.0 Å². The van der Waals surface area contributed by atoms with Crippen LogP contribution in [0.5, 0.6) is 0 Å². The number of fused-ring (bicyclic) bond motifs is 1. The highest BCUT2D eigenvalue weighted by Crippen LogP contribution is 2.38. The summed E-state index contributed by atoms with van der Waals surface area (Å²) in [6, 6.07) is 14.5. The van der Waals surface area contributed by atoms with E-state index in [1.165, 1.54) is 15.3 Å². The molecule has 6 heteroatoms. The minimum absolute atomic E-state index is 0.274. The van der Waals surface area contributed by atoms with Crippen LogP contribution in [0.15, 0.2) is 52.3 Å². The Kier molecular flexibility index (Phi) is 5.21. The van der Waals surface area contributed by atoms with Crippen LogP contribution in [0.4, 0.5) is 0 Å². The normalized spacial score (nSPS) is 11.2. The van der Waals surface area contributed by atoms with E-state index >= 15 is 0 Å². The molecule has 4 rings (SSSR count). The van der Waals surface area contributed by atoms with Crippen molar-refractivity contribution in [1.82, 2.24) is 4.57 Å². The molecule has 27 heavy (non-hydrogen) atoms. The number of carbonyl (C=O) groups is 1. The van der Waals surface area contributed by atoms with E-state index in [0.29, 0.717) is 18.8 Å². The van der Waals surface area contributed by atoms with Crippen molar-refractivity contribution in [2.45, 2.75) is 20.4 Å². The molecule has 0 aliphatic carbocycles. The van der Waals surface area contributed by atoms with Crippen molar-refractivity contribution in [3.63, 3.8) is 0 Å². The second kappa shape index (κ2) is 7.62. The first kappa shape index (κ1) is 18.5. The molecule has 0 N–H and O–H groups in total. The lowest BCUT2D eigenvalue weighted by atomic mass is 10.2. The van der Waals surface area contributed by atoms with Crippen LogP contribution in [0, 0.1) is 6.92 Å². The van der Waals surface area contributed by atoms with Gasteiger partial charge in [-0.1, -0.05) is 28.1 Å². The quantitative estimate of drug-likeness (QED) is 0.309. The molecule has 0 aliphatic heterocycles. The van der Waals surface area contributed by atoms with E-state index in [0.717, 1.165) is 20.3 Å². The van der Waals surface area contributed by atoms with Crippen molar-refractivity contribution < 1.29 is 9.53 Å². The Balaban J connectivity index is 1.81. The molecule has 3 aromatic heterocycles. The Morgan fingerprint density at radius 1 is 1.19 bits per heavy atom. The molecular formula is C21H18BrNO2S2. The second-order valence-electron chi connectivity index (χ2n) is 6.31. The highest BCUT2D eigenvalue weighted by molar-refractivity contribution is 9.10. The predicted octanol–water partition coefficient (Wildman–Crippen LogP) is 6.73. The summed E-state index contributed by atoms with van der Waals surface area (Å²) in [6.07, 6.45) is 0. The monoisotopic (exact) mass is 459 g/mol. The Hall–Kier alpha value is -1.89. The lowest BCUT2D eigenvalue weighted by Crippen LogP contribution is -2.12. The molecule has 0 bridgehead atoms. The van der Waals surface area contributed by atoms with Crippen LogP contribution in [0.1, 0.15) is 28.5 Å². The van der Waals surface area contributed by atoms with Gasteiger partial charge in [0.2, 0.25) is 0 Å². The number of halogens is 1. The predicted molar refractivity (Wildman–Crippen MR) is 117 cm³/mol. The number of thiophene rings is 2. The van der Waals surface area contributed by atoms with Gasteiger partial charge >= 0.3 is 5.97 Å². The molecule has 0 fully saturated rings. The summed E-state index contributed by atoms with van der Waals surface area (Å²) in [5.41, 5.74) is 4.08. The van der Waals surface area contributed by atoms with Gasteiger partial charge in [-0.2, -0.15) is 0 Å². The summed E-state index contributed by atoms with van der Waals surface area (Å²) in [6.45, 7) is 4.93. The molecule has 4 aromatic rings. The van der Waals surface area contributed by atoms with Crippen LogP contribution in [-0.4, -0.2) is 17.1 Å². The van der Waals surface area contributed by atoms with E-state index in [1.807, 2.05) is 25.1 Å². The van der Waals surface area contributed by atoms with Crippen molar-refractivity contribution >= 4 is 54.8 Å². The van der Waals surface area contributed by atoms with Crippen molar-refractivity contribution in [3.8, 4) is 9.75 Å². The topological polar surface area (TPSA) is 31.2 Å². The largest absolute Gasteiger partial charge is 0.461 e. The maximum absolute atomic E-state index is 12.5. The van der Waals surface area contributed by atoms with E-state index < -0.39 is 0 Å². The number of ether oxygens (including phenoxy) is 1. The maximum atomic E-state index is 12.5. The lowest BCUT2D eigenvalue weighted by Gasteiger charge is -2.10. The maximum Gasteiger partial charge on any atom is 0.355 e. The SMILES string of the molecule is CCOC(=O)c1cc2sc(-c3cc(C)cs3)cc2n1Cc1cccc(Br)c1. The van der Waals surface area contributed by atoms with Crippen LogP contribution < -0.4 is 0 Å². The first-order valence-electron chi connectivity index (χ1n) is 8.65. The Labute approximate surface area is 174 Å². The number of hydrogen-bond donors (Lipinski definition) is 0. The molecule has 1 aromatic carbocycles. The molecule has 0 unspecified atom stereocenters. The number of esters is 1. The third-order valence-electron chi connectivity index (χ3n) is 4.28. The van der Waals surface area contributed by atoms with Gasteiger partial charge < -0.3 is 9.30 Å². The molecule has 3 nitrogen and oxygen atoms in total. The molecule has 138 valence electrons. The Morgan fingerprint density at radius 2 is 2.04 bits per heavy atom. The third-order valence-corrected chi connectivity index (χ3v) is 7.09. The number of carbonyl (C=O) groups excluding carboxylic acids is 1. The number of benzene rings is 1. The zero-order valence-electron chi connectivity index (χ0n) is 15.0. The summed E-state index contributed by atoms with van der Waals surface area (Å²) < 4.78 is 9.48. The van der Waals surface area contributed by atoms with Crippen molar-refractivity contribution in [1.29, 1.82) is 0 Å². The van der Waals surface area contributed by atoms with Gasteiger partial charge in [0.25, 0.3) is 0 Å². The number of hydrogen-bond acceptors (Lipinski definition) is 4. The third kappa shape index (κ3) is 3.74. The molecule has 0 atom stereocenters. The molecule has 0 radical (unpaired) electrons. The van der Waals surface area contributed by atoms with E-state index in [2.05, 4.69) is 57.1 Å². The van der Waals surface area contributed by atoms with Crippen LogP contribution in [0.3, 0.4) is 0 Å². The minimum Gasteiger partial charge on any atom is -0.461 e. The summed E-state index contributed by atoms with van der Waals surface area (Å²) in [4.78, 5) is 15.0. The highest BCUT2D eigenvalue weighted by atomic mass is 79.9. The fraction of sp³-hybridized carbons (Fsp3) is 0.190. The van der Waals surface area contributed by atoms with E-state index in [1.54, 1.807) is 22.7 Å². The summed E-state index contributed by atoms with van der Waals surface area (Å²) >= 11 is 7.00. The first-order valence-corrected chi connectivity index (χ1v) is 11.1. The molecule has 0 amide bonds. The van der Waals surface area contributed by atoms with Crippen molar-refractivity contribution in [2.24, 2.45) is 0 Å².